The quantitative estimate of drug-likeness (QED) is 0.270. The number of ketones is 1. The van der Waals surface area contributed by atoms with Gasteiger partial charge in [0.2, 0.25) is 0 Å². The Kier molecular flexibility index (Phi) is 7.16. The Labute approximate surface area is 72.7 Å². The lowest BCUT2D eigenvalue weighted by molar-refractivity contribution is -0.112. The molecular weight excluding hydrogens is 160 g/mol. The van der Waals surface area contributed by atoms with Crippen molar-refractivity contribution in [3.8, 4) is 0 Å². The standard InChI is InChI=1S/C9H13ClO/c1-9(11)7-5-3-2-4-6-8-10/h2-3,5,7H,4,6,8H2,1H3/b3-2+,7-5+. The summed E-state index contributed by atoms with van der Waals surface area (Å²) in [5.41, 5.74) is 0. The fourth-order valence-corrected chi connectivity index (χ4v) is 0.715. The molecule has 0 aromatic heterocycles. The molecule has 0 unspecified atom stereocenters. The van der Waals surface area contributed by atoms with E-state index in [2.05, 4.69) is 0 Å². The summed E-state index contributed by atoms with van der Waals surface area (Å²) >= 11 is 5.46. The van der Waals surface area contributed by atoms with Gasteiger partial charge in [-0.25, -0.2) is 0 Å². The number of rotatable bonds is 5. The SMILES string of the molecule is CC(=O)/C=C/C=C/CCCCl. The Morgan fingerprint density at radius 1 is 1.45 bits per heavy atom. The van der Waals surface area contributed by atoms with Gasteiger partial charge in [0, 0.05) is 5.88 Å². The fraction of sp³-hybridized carbons (Fsp3) is 0.444. The first-order valence-electron chi connectivity index (χ1n) is 3.67. The van der Waals surface area contributed by atoms with Crippen molar-refractivity contribution in [3.05, 3.63) is 24.3 Å². The monoisotopic (exact) mass is 172 g/mol. The van der Waals surface area contributed by atoms with Crippen molar-refractivity contribution >= 4 is 17.4 Å². The number of carbonyl (C=O) groups is 1. The van der Waals surface area contributed by atoms with E-state index in [1.54, 1.807) is 6.08 Å². The summed E-state index contributed by atoms with van der Waals surface area (Å²) in [6, 6.07) is 0. The molecule has 0 saturated carbocycles. The van der Waals surface area contributed by atoms with Crippen molar-refractivity contribution in [1.82, 2.24) is 0 Å². The fourth-order valence-electron chi connectivity index (χ4n) is 0.561. The van der Waals surface area contributed by atoms with Gasteiger partial charge >= 0.3 is 0 Å². The summed E-state index contributed by atoms with van der Waals surface area (Å²) in [5.74, 6) is 0.771. The molecule has 0 bridgehead atoms. The summed E-state index contributed by atoms with van der Waals surface area (Å²) in [5, 5.41) is 0. The van der Waals surface area contributed by atoms with E-state index in [9.17, 15) is 4.79 Å². The second-order valence-electron chi connectivity index (χ2n) is 2.23. The lowest BCUT2D eigenvalue weighted by atomic mass is 10.3. The van der Waals surface area contributed by atoms with E-state index in [-0.39, 0.29) is 5.78 Å². The minimum absolute atomic E-state index is 0.0759. The smallest absolute Gasteiger partial charge is 0.152 e. The Bertz CT molecular complexity index is 159. The number of alkyl halides is 1. The van der Waals surface area contributed by atoms with Gasteiger partial charge in [0.25, 0.3) is 0 Å². The van der Waals surface area contributed by atoms with E-state index in [1.807, 2.05) is 12.2 Å². The van der Waals surface area contributed by atoms with Gasteiger partial charge in [0.15, 0.2) is 5.78 Å². The second-order valence-corrected chi connectivity index (χ2v) is 2.61. The molecule has 11 heavy (non-hydrogen) atoms. The maximum Gasteiger partial charge on any atom is 0.152 e. The van der Waals surface area contributed by atoms with E-state index >= 15 is 0 Å². The largest absolute Gasteiger partial charge is 0.295 e. The van der Waals surface area contributed by atoms with Crippen molar-refractivity contribution in [3.63, 3.8) is 0 Å². The minimum atomic E-state index is 0.0759. The van der Waals surface area contributed by atoms with Gasteiger partial charge in [-0.1, -0.05) is 18.2 Å². The minimum Gasteiger partial charge on any atom is -0.295 e. The molecule has 0 rings (SSSR count). The number of carbonyl (C=O) groups excluding carboxylic acids is 1. The van der Waals surface area contributed by atoms with Crippen molar-refractivity contribution in [1.29, 1.82) is 0 Å². The molecule has 1 nitrogen and oxygen atoms in total. The molecule has 0 N–H and O–H groups in total. The summed E-state index contributed by atoms with van der Waals surface area (Å²) < 4.78 is 0. The first kappa shape index (κ1) is 10.4. The molecule has 0 aliphatic rings. The Hall–Kier alpha value is -0.560. The maximum absolute atomic E-state index is 10.4. The van der Waals surface area contributed by atoms with Crippen LogP contribution in [0.15, 0.2) is 24.3 Å². The van der Waals surface area contributed by atoms with Crippen molar-refractivity contribution in [2.24, 2.45) is 0 Å². The van der Waals surface area contributed by atoms with Crippen LogP contribution in [0.25, 0.3) is 0 Å². The molecule has 0 heterocycles. The van der Waals surface area contributed by atoms with Gasteiger partial charge in [-0.15, -0.1) is 11.6 Å². The third kappa shape index (κ3) is 9.44. The Balaban J connectivity index is 3.36. The van der Waals surface area contributed by atoms with Crippen LogP contribution in [0.1, 0.15) is 19.8 Å². The van der Waals surface area contributed by atoms with E-state index in [4.69, 9.17) is 11.6 Å². The first-order chi connectivity index (χ1) is 5.27. The summed E-state index contributed by atoms with van der Waals surface area (Å²) in [6.45, 7) is 1.53. The molecule has 0 atom stereocenters. The molecule has 0 aliphatic heterocycles. The van der Waals surface area contributed by atoms with Gasteiger partial charge < -0.3 is 0 Å². The predicted octanol–water partition coefficient (Wildman–Crippen LogP) is 2.71. The van der Waals surface area contributed by atoms with Crippen LogP contribution >= 0.6 is 11.6 Å². The highest BCUT2D eigenvalue weighted by atomic mass is 35.5. The molecule has 2 heteroatoms. The topological polar surface area (TPSA) is 17.1 Å². The zero-order valence-electron chi connectivity index (χ0n) is 6.72. The number of hydrogen-bond donors (Lipinski definition) is 0. The summed E-state index contributed by atoms with van der Waals surface area (Å²) in [6.07, 6.45) is 9.13. The third-order valence-electron chi connectivity index (χ3n) is 1.08. The average molecular weight is 173 g/mol. The highest BCUT2D eigenvalue weighted by Gasteiger charge is 1.78. The van der Waals surface area contributed by atoms with Gasteiger partial charge in [0.1, 0.15) is 0 Å². The van der Waals surface area contributed by atoms with Crippen LogP contribution in [0.4, 0.5) is 0 Å². The van der Waals surface area contributed by atoms with Crippen LogP contribution in [0.2, 0.25) is 0 Å². The molecule has 62 valence electrons. The molecule has 0 amide bonds. The van der Waals surface area contributed by atoms with Gasteiger partial charge in [-0.3, -0.25) is 4.79 Å². The number of halogens is 1. The van der Waals surface area contributed by atoms with E-state index in [0.29, 0.717) is 5.88 Å². The predicted molar refractivity (Wildman–Crippen MR) is 48.9 cm³/mol. The van der Waals surface area contributed by atoms with E-state index in [0.717, 1.165) is 12.8 Å². The van der Waals surface area contributed by atoms with Crippen LogP contribution in [-0.2, 0) is 4.79 Å². The van der Waals surface area contributed by atoms with Gasteiger partial charge in [-0.05, 0) is 25.8 Å². The van der Waals surface area contributed by atoms with E-state index in [1.165, 1.54) is 13.0 Å². The highest BCUT2D eigenvalue weighted by Crippen LogP contribution is 1.93. The highest BCUT2D eigenvalue weighted by molar-refractivity contribution is 6.17. The molecule has 0 aromatic rings. The Morgan fingerprint density at radius 3 is 2.73 bits per heavy atom. The lowest BCUT2D eigenvalue weighted by Crippen LogP contribution is -1.77. The normalized spacial score (nSPS) is 11.5. The average Bonchev–Trinajstić information content (AvgIpc) is 1.96. The number of unbranched alkanes of at least 4 members (excludes halogenated alkanes) is 1. The van der Waals surface area contributed by atoms with Crippen LogP contribution < -0.4 is 0 Å². The Morgan fingerprint density at radius 2 is 2.18 bits per heavy atom. The molecule has 0 aromatic carbocycles. The van der Waals surface area contributed by atoms with Crippen LogP contribution in [0.5, 0.6) is 0 Å². The molecule has 0 spiro atoms. The maximum atomic E-state index is 10.4. The van der Waals surface area contributed by atoms with Crippen molar-refractivity contribution in [2.75, 3.05) is 5.88 Å². The zero-order chi connectivity index (χ0) is 8.53. The van der Waals surface area contributed by atoms with E-state index < -0.39 is 0 Å². The molecule has 0 aliphatic carbocycles. The van der Waals surface area contributed by atoms with Crippen LogP contribution in [0.3, 0.4) is 0 Å². The first-order valence-corrected chi connectivity index (χ1v) is 4.20. The second kappa shape index (κ2) is 7.55. The zero-order valence-corrected chi connectivity index (χ0v) is 7.47. The van der Waals surface area contributed by atoms with Crippen molar-refractivity contribution in [2.45, 2.75) is 19.8 Å². The molecule has 0 saturated heterocycles. The summed E-state index contributed by atoms with van der Waals surface area (Å²) in [4.78, 5) is 10.4. The third-order valence-corrected chi connectivity index (χ3v) is 1.35. The number of hydrogen-bond acceptors (Lipinski definition) is 1. The lowest BCUT2D eigenvalue weighted by Gasteiger charge is -1.83. The molecular formula is C9H13ClO. The van der Waals surface area contributed by atoms with Gasteiger partial charge in [-0.2, -0.15) is 0 Å². The molecule has 0 radical (unpaired) electrons. The van der Waals surface area contributed by atoms with Crippen LogP contribution in [0, 0.1) is 0 Å². The van der Waals surface area contributed by atoms with Crippen molar-refractivity contribution < 1.29 is 4.79 Å². The van der Waals surface area contributed by atoms with Crippen LogP contribution in [-0.4, -0.2) is 11.7 Å². The molecule has 0 fully saturated rings. The van der Waals surface area contributed by atoms with Gasteiger partial charge in [0.05, 0.1) is 0 Å². The summed E-state index contributed by atoms with van der Waals surface area (Å²) in [7, 11) is 0. The number of allylic oxidation sites excluding steroid dienone is 4.